The van der Waals surface area contributed by atoms with Gasteiger partial charge in [-0.2, -0.15) is 0 Å². The third-order valence-corrected chi connectivity index (χ3v) is 3.16. The zero-order valence-electron chi connectivity index (χ0n) is 11.0. The van der Waals surface area contributed by atoms with E-state index in [1.807, 2.05) is 17.7 Å². The van der Waals surface area contributed by atoms with Crippen LogP contribution >= 0.6 is 0 Å². The van der Waals surface area contributed by atoms with E-state index in [9.17, 15) is 5.11 Å². The summed E-state index contributed by atoms with van der Waals surface area (Å²) in [5.41, 5.74) is 6.42. The Morgan fingerprint density at radius 2 is 2.18 bits per heavy atom. The van der Waals surface area contributed by atoms with Crippen LogP contribution in [0.1, 0.15) is 57.7 Å². The molecular weight excluding hydrogens is 214 g/mol. The molecule has 1 aromatic rings. The number of rotatable bonds is 8. The van der Waals surface area contributed by atoms with Gasteiger partial charge in [-0.05, 0) is 13.3 Å². The molecule has 0 aliphatic heterocycles. The fourth-order valence-corrected chi connectivity index (χ4v) is 2.09. The lowest BCUT2D eigenvalue weighted by molar-refractivity contribution is 0.122. The second kappa shape index (κ2) is 7.45. The maximum Gasteiger partial charge on any atom is 0.0953 e. The van der Waals surface area contributed by atoms with E-state index >= 15 is 0 Å². The van der Waals surface area contributed by atoms with Crippen LogP contribution in [-0.2, 0) is 6.54 Å². The number of imidazole rings is 1. The molecule has 1 rings (SSSR count). The number of unbranched alkanes of at least 4 members (excludes halogenated alkanes) is 3. The van der Waals surface area contributed by atoms with Crippen LogP contribution in [0, 0.1) is 0 Å². The molecule has 3 N–H and O–H groups in total. The van der Waals surface area contributed by atoms with Crippen molar-refractivity contribution < 1.29 is 5.11 Å². The van der Waals surface area contributed by atoms with Crippen molar-refractivity contribution in [3.8, 4) is 0 Å². The van der Waals surface area contributed by atoms with Crippen molar-refractivity contribution in [3.05, 3.63) is 18.2 Å². The van der Waals surface area contributed by atoms with Crippen LogP contribution in [0.4, 0.5) is 0 Å². The maximum absolute atomic E-state index is 9.82. The Labute approximate surface area is 104 Å². The molecule has 2 atom stereocenters. The van der Waals surface area contributed by atoms with Gasteiger partial charge in [-0.3, -0.25) is 0 Å². The minimum atomic E-state index is -0.351. The standard InChI is InChI=1S/C13H25N3O/c1-3-4-5-6-7-13(11(2)17)16-9-12(8-14)15-10-16/h9-11,13,17H,3-8,14H2,1-2H3/t11-,13+/m0/s1. The number of nitrogens with two attached hydrogens (primary N) is 1. The molecule has 0 saturated carbocycles. The third kappa shape index (κ3) is 4.48. The van der Waals surface area contributed by atoms with Crippen LogP contribution in [0.5, 0.6) is 0 Å². The summed E-state index contributed by atoms with van der Waals surface area (Å²) in [7, 11) is 0. The second-order valence-electron chi connectivity index (χ2n) is 4.67. The topological polar surface area (TPSA) is 64.1 Å². The van der Waals surface area contributed by atoms with Gasteiger partial charge in [0.1, 0.15) is 0 Å². The molecule has 4 heteroatoms. The number of hydrogen-bond acceptors (Lipinski definition) is 3. The fraction of sp³-hybridized carbons (Fsp3) is 0.769. The summed E-state index contributed by atoms with van der Waals surface area (Å²) >= 11 is 0. The Morgan fingerprint density at radius 3 is 2.71 bits per heavy atom. The number of aliphatic hydroxyl groups excluding tert-OH is 1. The lowest BCUT2D eigenvalue weighted by atomic mass is 10.0. The third-order valence-electron chi connectivity index (χ3n) is 3.16. The average Bonchev–Trinajstić information content (AvgIpc) is 2.77. The fourth-order valence-electron chi connectivity index (χ4n) is 2.09. The summed E-state index contributed by atoms with van der Waals surface area (Å²) in [4.78, 5) is 4.21. The van der Waals surface area contributed by atoms with Crippen molar-refractivity contribution in [2.75, 3.05) is 0 Å². The number of aromatic nitrogens is 2. The van der Waals surface area contributed by atoms with Crippen molar-refractivity contribution in [2.24, 2.45) is 5.73 Å². The molecule has 0 bridgehead atoms. The van der Waals surface area contributed by atoms with Crippen molar-refractivity contribution in [1.82, 2.24) is 9.55 Å². The van der Waals surface area contributed by atoms with Crippen LogP contribution in [0.2, 0.25) is 0 Å². The lowest BCUT2D eigenvalue weighted by Gasteiger charge is -2.21. The van der Waals surface area contributed by atoms with Gasteiger partial charge >= 0.3 is 0 Å². The van der Waals surface area contributed by atoms with Gasteiger partial charge in [0.2, 0.25) is 0 Å². The Balaban J connectivity index is 2.53. The molecule has 0 amide bonds. The highest BCUT2D eigenvalue weighted by Crippen LogP contribution is 2.20. The van der Waals surface area contributed by atoms with E-state index in [-0.39, 0.29) is 12.1 Å². The van der Waals surface area contributed by atoms with Gasteiger partial charge in [-0.15, -0.1) is 0 Å². The summed E-state index contributed by atoms with van der Waals surface area (Å²) in [5, 5.41) is 9.82. The normalized spacial score (nSPS) is 14.8. The molecule has 1 heterocycles. The molecule has 0 saturated heterocycles. The predicted molar refractivity (Wildman–Crippen MR) is 69.6 cm³/mol. The first-order valence-electron chi connectivity index (χ1n) is 6.59. The highest BCUT2D eigenvalue weighted by atomic mass is 16.3. The van der Waals surface area contributed by atoms with Crippen LogP contribution in [0.3, 0.4) is 0 Å². The van der Waals surface area contributed by atoms with Gasteiger partial charge < -0.3 is 15.4 Å². The molecule has 0 fully saturated rings. The van der Waals surface area contributed by atoms with Crippen molar-refractivity contribution >= 4 is 0 Å². The SMILES string of the molecule is CCCCCC[C@H]([C@H](C)O)n1cnc(CN)c1. The van der Waals surface area contributed by atoms with E-state index in [0.717, 1.165) is 18.5 Å². The molecular formula is C13H25N3O. The van der Waals surface area contributed by atoms with Gasteiger partial charge in [0.15, 0.2) is 0 Å². The Bertz CT molecular complexity index is 309. The molecule has 17 heavy (non-hydrogen) atoms. The zero-order valence-corrected chi connectivity index (χ0v) is 11.0. The van der Waals surface area contributed by atoms with Crippen LogP contribution < -0.4 is 5.73 Å². The number of hydrogen-bond donors (Lipinski definition) is 2. The van der Waals surface area contributed by atoms with Crippen molar-refractivity contribution in [2.45, 2.75) is 64.6 Å². The summed E-state index contributed by atoms with van der Waals surface area (Å²) in [6, 6.07) is 0.125. The number of aliphatic hydroxyl groups is 1. The van der Waals surface area contributed by atoms with Gasteiger partial charge in [0.25, 0.3) is 0 Å². The Hall–Kier alpha value is -0.870. The van der Waals surface area contributed by atoms with E-state index in [1.165, 1.54) is 19.3 Å². The van der Waals surface area contributed by atoms with Crippen LogP contribution in [0.15, 0.2) is 12.5 Å². The van der Waals surface area contributed by atoms with Gasteiger partial charge in [0.05, 0.1) is 24.2 Å². The molecule has 0 spiro atoms. The second-order valence-corrected chi connectivity index (χ2v) is 4.67. The average molecular weight is 239 g/mol. The van der Waals surface area contributed by atoms with E-state index in [0.29, 0.717) is 6.54 Å². The van der Waals surface area contributed by atoms with E-state index in [1.54, 1.807) is 6.33 Å². The highest BCUT2D eigenvalue weighted by Gasteiger charge is 2.16. The molecule has 0 unspecified atom stereocenters. The largest absolute Gasteiger partial charge is 0.391 e. The van der Waals surface area contributed by atoms with Crippen LogP contribution in [-0.4, -0.2) is 20.8 Å². The Kier molecular flexibility index (Phi) is 6.22. The summed E-state index contributed by atoms with van der Waals surface area (Å²) in [6.45, 7) is 4.50. The highest BCUT2D eigenvalue weighted by molar-refractivity contribution is 4.97. The molecule has 0 aliphatic rings. The van der Waals surface area contributed by atoms with Crippen molar-refractivity contribution in [1.29, 1.82) is 0 Å². The zero-order chi connectivity index (χ0) is 12.7. The van der Waals surface area contributed by atoms with E-state index in [2.05, 4.69) is 11.9 Å². The predicted octanol–water partition coefficient (Wildman–Crippen LogP) is 2.23. The van der Waals surface area contributed by atoms with Crippen molar-refractivity contribution in [3.63, 3.8) is 0 Å². The minimum Gasteiger partial charge on any atom is -0.391 e. The first kappa shape index (κ1) is 14.2. The van der Waals surface area contributed by atoms with Crippen LogP contribution in [0.25, 0.3) is 0 Å². The summed E-state index contributed by atoms with van der Waals surface area (Å²) < 4.78 is 2.00. The molecule has 0 aromatic carbocycles. The van der Waals surface area contributed by atoms with E-state index < -0.39 is 0 Å². The maximum atomic E-state index is 9.82. The molecule has 0 aliphatic carbocycles. The number of nitrogens with zero attached hydrogens (tertiary/aromatic N) is 2. The molecule has 1 aromatic heterocycles. The molecule has 0 radical (unpaired) electrons. The first-order valence-corrected chi connectivity index (χ1v) is 6.59. The van der Waals surface area contributed by atoms with Gasteiger partial charge in [-0.1, -0.05) is 32.6 Å². The monoisotopic (exact) mass is 239 g/mol. The summed E-state index contributed by atoms with van der Waals surface area (Å²) in [6.07, 6.45) is 9.26. The lowest BCUT2D eigenvalue weighted by Crippen LogP contribution is -2.20. The van der Waals surface area contributed by atoms with Gasteiger partial charge in [0, 0.05) is 12.7 Å². The minimum absolute atomic E-state index is 0.125. The first-order chi connectivity index (χ1) is 8.19. The van der Waals surface area contributed by atoms with E-state index in [4.69, 9.17) is 5.73 Å². The molecule has 4 nitrogen and oxygen atoms in total. The quantitative estimate of drug-likeness (QED) is 0.684. The van der Waals surface area contributed by atoms with Gasteiger partial charge in [-0.25, -0.2) is 4.98 Å². The molecule has 98 valence electrons. The summed E-state index contributed by atoms with van der Waals surface area (Å²) in [5.74, 6) is 0. The Morgan fingerprint density at radius 1 is 1.41 bits per heavy atom. The smallest absolute Gasteiger partial charge is 0.0953 e.